The van der Waals surface area contributed by atoms with E-state index in [9.17, 15) is 22.4 Å². The second kappa shape index (κ2) is 9.38. The molecular formula is C20H20FNO5S. The topological polar surface area (TPSA) is 89.5 Å². The molecule has 0 spiro atoms. The molecule has 2 aromatic rings. The molecule has 1 N–H and O–H groups in total. The first-order chi connectivity index (χ1) is 13.2. The van der Waals surface area contributed by atoms with Crippen LogP contribution in [0.2, 0.25) is 0 Å². The average Bonchev–Trinajstić information content (AvgIpc) is 2.67. The lowest BCUT2D eigenvalue weighted by molar-refractivity contribution is -0.147. The Morgan fingerprint density at radius 2 is 1.64 bits per heavy atom. The fraction of sp³-hybridized carbons (Fsp3) is 0.200. The zero-order valence-corrected chi connectivity index (χ0v) is 16.1. The summed E-state index contributed by atoms with van der Waals surface area (Å²) >= 11 is 0. The first-order valence-corrected chi connectivity index (χ1v) is 9.98. The molecular weight excluding hydrogens is 385 g/mol. The van der Waals surface area contributed by atoms with Crippen LogP contribution in [0.5, 0.6) is 0 Å². The van der Waals surface area contributed by atoms with Crippen molar-refractivity contribution in [2.24, 2.45) is 0 Å². The predicted molar refractivity (Wildman–Crippen MR) is 103 cm³/mol. The molecule has 0 saturated carbocycles. The van der Waals surface area contributed by atoms with Crippen molar-refractivity contribution in [2.45, 2.75) is 26.0 Å². The number of benzene rings is 2. The minimum atomic E-state index is -3.89. The number of hydrogen-bond donors (Lipinski definition) is 1. The Morgan fingerprint density at radius 1 is 1.04 bits per heavy atom. The van der Waals surface area contributed by atoms with Gasteiger partial charge in [-0.25, -0.2) is 12.8 Å². The van der Waals surface area contributed by atoms with Crippen molar-refractivity contribution in [3.8, 4) is 0 Å². The molecule has 8 heteroatoms. The third-order valence-corrected chi connectivity index (χ3v) is 4.90. The van der Waals surface area contributed by atoms with Crippen LogP contribution in [0.4, 0.5) is 4.39 Å². The molecule has 2 atom stereocenters. The number of halogens is 1. The smallest absolute Gasteiger partial charge is 0.324 e. The molecule has 0 aliphatic carbocycles. The molecule has 6 nitrogen and oxygen atoms in total. The minimum Gasteiger partial charge on any atom is -0.453 e. The molecule has 28 heavy (non-hydrogen) atoms. The molecule has 0 unspecified atom stereocenters. The number of Topliss-reactive ketones (excluding diaryl/α,β-unsaturated/α-hetero) is 1. The van der Waals surface area contributed by atoms with Crippen molar-refractivity contribution >= 4 is 27.9 Å². The molecule has 0 saturated heterocycles. The molecule has 2 aromatic carbocycles. The summed E-state index contributed by atoms with van der Waals surface area (Å²) < 4.78 is 44.3. The largest absolute Gasteiger partial charge is 0.453 e. The van der Waals surface area contributed by atoms with Gasteiger partial charge in [-0.2, -0.15) is 4.72 Å². The fourth-order valence-corrected chi connectivity index (χ4v) is 3.25. The van der Waals surface area contributed by atoms with Crippen LogP contribution in [0.3, 0.4) is 0 Å². The summed E-state index contributed by atoms with van der Waals surface area (Å²) in [7, 11) is -3.89. The Hall–Kier alpha value is -2.84. The summed E-state index contributed by atoms with van der Waals surface area (Å²) in [5, 5.41) is 0.944. The zero-order chi connectivity index (χ0) is 20.7. The van der Waals surface area contributed by atoms with Crippen molar-refractivity contribution in [1.82, 2.24) is 4.72 Å². The number of hydrogen-bond acceptors (Lipinski definition) is 5. The summed E-state index contributed by atoms with van der Waals surface area (Å²) in [4.78, 5) is 24.3. The number of esters is 1. The number of sulfonamides is 1. The SMILES string of the molecule is C[C@H](NS(=O)(=O)/C=C/c1ccccc1)C(=O)O[C@H](C)C(=O)c1ccc(F)cc1. The highest BCUT2D eigenvalue weighted by atomic mass is 32.2. The minimum absolute atomic E-state index is 0.181. The lowest BCUT2D eigenvalue weighted by Crippen LogP contribution is -2.40. The Bertz CT molecular complexity index is 956. The Kier molecular flexibility index (Phi) is 7.19. The molecule has 148 valence electrons. The van der Waals surface area contributed by atoms with E-state index < -0.39 is 39.7 Å². The zero-order valence-electron chi connectivity index (χ0n) is 15.3. The predicted octanol–water partition coefficient (Wildman–Crippen LogP) is 2.92. The van der Waals surface area contributed by atoms with Crippen LogP contribution in [0.1, 0.15) is 29.8 Å². The van der Waals surface area contributed by atoms with Gasteiger partial charge in [0.1, 0.15) is 11.9 Å². The third kappa shape index (κ3) is 6.40. The maximum absolute atomic E-state index is 12.9. The van der Waals surface area contributed by atoms with Gasteiger partial charge in [0.2, 0.25) is 15.8 Å². The molecule has 0 bridgehead atoms. The Balaban J connectivity index is 1.95. The summed E-state index contributed by atoms with van der Waals surface area (Å²) in [6.07, 6.45) is 0.242. The van der Waals surface area contributed by atoms with Crippen molar-refractivity contribution in [2.75, 3.05) is 0 Å². The molecule has 0 heterocycles. The van der Waals surface area contributed by atoms with Crippen molar-refractivity contribution < 1.29 is 27.1 Å². The third-order valence-electron chi connectivity index (χ3n) is 3.72. The van der Waals surface area contributed by atoms with Crippen LogP contribution in [0.25, 0.3) is 6.08 Å². The van der Waals surface area contributed by atoms with Crippen LogP contribution in [0, 0.1) is 5.82 Å². The maximum Gasteiger partial charge on any atom is 0.324 e. The van der Waals surface area contributed by atoms with E-state index >= 15 is 0 Å². The van der Waals surface area contributed by atoms with E-state index in [1.54, 1.807) is 30.3 Å². The summed E-state index contributed by atoms with van der Waals surface area (Å²) in [5.74, 6) is -1.92. The van der Waals surface area contributed by atoms with E-state index in [0.717, 1.165) is 17.5 Å². The quantitative estimate of drug-likeness (QED) is 0.539. The van der Waals surface area contributed by atoms with Gasteiger partial charge in [-0.1, -0.05) is 30.3 Å². The van der Waals surface area contributed by atoms with Gasteiger partial charge in [0.25, 0.3) is 0 Å². The number of nitrogens with one attached hydrogen (secondary N) is 1. The molecule has 0 aliphatic rings. The second-order valence-corrected chi connectivity index (χ2v) is 7.65. The lowest BCUT2D eigenvalue weighted by Gasteiger charge is -2.16. The van der Waals surface area contributed by atoms with E-state index in [1.807, 2.05) is 0 Å². The molecule has 0 amide bonds. The highest BCUT2D eigenvalue weighted by Crippen LogP contribution is 2.09. The highest BCUT2D eigenvalue weighted by Gasteiger charge is 2.25. The summed E-state index contributed by atoms with van der Waals surface area (Å²) in [6, 6.07) is 12.4. The second-order valence-electron chi connectivity index (χ2n) is 6.05. The Morgan fingerprint density at radius 3 is 2.25 bits per heavy atom. The van der Waals surface area contributed by atoms with Gasteiger partial charge in [0, 0.05) is 11.0 Å². The molecule has 0 aliphatic heterocycles. The van der Waals surface area contributed by atoms with Crippen LogP contribution >= 0.6 is 0 Å². The fourth-order valence-electron chi connectivity index (χ4n) is 2.24. The van der Waals surface area contributed by atoms with Gasteiger partial charge >= 0.3 is 5.97 Å². The van der Waals surface area contributed by atoms with Gasteiger partial charge in [0.15, 0.2) is 6.10 Å². The van der Waals surface area contributed by atoms with Crippen molar-refractivity contribution in [3.63, 3.8) is 0 Å². The molecule has 0 aromatic heterocycles. The van der Waals surface area contributed by atoms with E-state index in [0.29, 0.717) is 5.56 Å². The van der Waals surface area contributed by atoms with Crippen LogP contribution < -0.4 is 4.72 Å². The number of carbonyl (C=O) groups is 2. The number of ether oxygens (including phenoxy) is 1. The number of ketones is 1. The van der Waals surface area contributed by atoms with Crippen molar-refractivity contribution in [3.05, 3.63) is 76.9 Å². The van der Waals surface area contributed by atoms with Gasteiger partial charge < -0.3 is 4.74 Å². The first kappa shape index (κ1) is 21.5. The van der Waals surface area contributed by atoms with Crippen LogP contribution in [0.15, 0.2) is 60.0 Å². The van der Waals surface area contributed by atoms with Gasteiger partial charge in [-0.05, 0) is 49.8 Å². The number of rotatable bonds is 8. The van der Waals surface area contributed by atoms with E-state index in [4.69, 9.17) is 4.74 Å². The van der Waals surface area contributed by atoms with Crippen LogP contribution in [-0.4, -0.2) is 32.3 Å². The summed E-state index contributed by atoms with van der Waals surface area (Å²) in [5.41, 5.74) is 0.863. The summed E-state index contributed by atoms with van der Waals surface area (Å²) in [6.45, 7) is 2.67. The first-order valence-electron chi connectivity index (χ1n) is 8.44. The van der Waals surface area contributed by atoms with Crippen molar-refractivity contribution in [1.29, 1.82) is 0 Å². The van der Waals surface area contributed by atoms with E-state index in [2.05, 4.69) is 4.72 Å². The monoisotopic (exact) mass is 405 g/mol. The van der Waals surface area contributed by atoms with E-state index in [1.165, 1.54) is 32.1 Å². The highest BCUT2D eigenvalue weighted by molar-refractivity contribution is 7.92. The van der Waals surface area contributed by atoms with Gasteiger partial charge in [-0.3, -0.25) is 9.59 Å². The molecule has 2 rings (SSSR count). The van der Waals surface area contributed by atoms with Gasteiger partial charge in [-0.15, -0.1) is 0 Å². The lowest BCUT2D eigenvalue weighted by atomic mass is 10.1. The molecule has 0 radical (unpaired) electrons. The standard InChI is InChI=1S/C20H20FNO5S/c1-14(22-28(25,26)13-12-16-6-4-3-5-7-16)20(24)27-15(2)19(23)17-8-10-18(21)11-9-17/h3-15,22H,1-2H3/b13-12+/t14-,15+/m0/s1. The normalized spacial score (nSPS) is 13.8. The Labute approximate surface area is 163 Å². The number of carbonyl (C=O) groups excluding carboxylic acids is 2. The average molecular weight is 405 g/mol. The van der Waals surface area contributed by atoms with Gasteiger partial charge in [0.05, 0.1) is 0 Å². The maximum atomic E-state index is 12.9. The molecule has 0 fully saturated rings. The van der Waals surface area contributed by atoms with Crippen LogP contribution in [-0.2, 0) is 19.6 Å². The van der Waals surface area contributed by atoms with E-state index in [-0.39, 0.29) is 5.56 Å².